The fourth-order valence-electron chi connectivity index (χ4n) is 1.44. The minimum atomic E-state index is 0.468. The van der Waals surface area contributed by atoms with Crippen LogP contribution in [0.25, 0.3) is 0 Å². The molecule has 74 valence electrons. The summed E-state index contributed by atoms with van der Waals surface area (Å²) in [5, 5.41) is 0. The van der Waals surface area contributed by atoms with Crippen LogP contribution in [0.5, 0.6) is 23.1 Å². The Morgan fingerprint density at radius 1 is 1.00 bits per heavy atom. The number of pyridine rings is 1. The Hall–Kier alpha value is -2.23. The molecule has 0 amide bonds. The van der Waals surface area contributed by atoms with Crippen molar-refractivity contribution in [2.24, 2.45) is 0 Å². The molecule has 1 aliphatic heterocycles. The zero-order chi connectivity index (χ0) is 10.3. The Bertz CT molecular complexity index is 526. The van der Waals surface area contributed by atoms with Crippen molar-refractivity contribution in [1.29, 1.82) is 0 Å². The summed E-state index contributed by atoms with van der Waals surface area (Å²) in [5.41, 5.74) is 6.28. The number of hydrogen-bond acceptors (Lipinski definition) is 4. The first-order valence-electron chi connectivity index (χ1n) is 4.53. The Labute approximate surface area is 86.3 Å². The molecule has 1 aromatic carbocycles. The van der Waals surface area contributed by atoms with Crippen molar-refractivity contribution in [3.8, 4) is 23.1 Å². The lowest BCUT2D eigenvalue weighted by molar-refractivity contribution is 0.348. The monoisotopic (exact) mass is 200 g/mol. The summed E-state index contributed by atoms with van der Waals surface area (Å²) in [4.78, 5) is 4.06. The van der Waals surface area contributed by atoms with Crippen molar-refractivity contribution in [2.45, 2.75) is 0 Å². The molecule has 15 heavy (non-hydrogen) atoms. The Morgan fingerprint density at radius 3 is 2.87 bits per heavy atom. The van der Waals surface area contributed by atoms with Crippen LogP contribution in [-0.2, 0) is 0 Å². The first kappa shape index (κ1) is 8.11. The molecular formula is C11H8N2O2. The lowest BCUT2D eigenvalue weighted by Crippen LogP contribution is -2.00. The van der Waals surface area contributed by atoms with E-state index in [1.54, 1.807) is 30.5 Å². The molecule has 3 rings (SSSR count). The second-order valence-corrected chi connectivity index (χ2v) is 3.22. The molecule has 0 aliphatic carbocycles. The summed E-state index contributed by atoms with van der Waals surface area (Å²) in [7, 11) is 0. The van der Waals surface area contributed by atoms with E-state index in [1.807, 2.05) is 6.07 Å². The van der Waals surface area contributed by atoms with Gasteiger partial charge in [-0.3, -0.25) is 0 Å². The van der Waals surface area contributed by atoms with E-state index in [-0.39, 0.29) is 0 Å². The van der Waals surface area contributed by atoms with E-state index >= 15 is 0 Å². The van der Waals surface area contributed by atoms with E-state index in [4.69, 9.17) is 15.2 Å². The van der Waals surface area contributed by atoms with Gasteiger partial charge in [0.1, 0.15) is 0 Å². The van der Waals surface area contributed by atoms with E-state index in [0.717, 1.165) is 0 Å². The van der Waals surface area contributed by atoms with Gasteiger partial charge in [0.05, 0.1) is 0 Å². The number of hydrogen-bond donors (Lipinski definition) is 1. The van der Waals surface area contributed by atoms with Crippen molar-refractivity contribution >= 4 is 5.69 Å². The third kappa shape index (κ3) is 1.27. The topological polar surface area (TPSA) is 57.4 Å². The van der Waals surface area contributed by atoms with Gasteiger partial charge in [-0.2, -0.15) is 0 Å². The van der Waals surface area contributed by atoms with Gasteiger partial charge in [0.25, 0.3) is 5.88 Å². The molecule has 2 N–H and O–H groups in total. The zero-order valence-electron chi connectivity index (χ0n) is 7.81. The van der Waals surface area contributed by atoms with E-state index in [0.29, 0.717) is 28.8 Å². The first-order chi connectivity index (χ1) is 7.33. The maximum atomic E-state index is 5.65. The van der Waals surface area contributed by atoms with Crippen LogP contribution in [0.15, 0.2) is 36.5 Å². The summed E-state index contributed by atoms with van der Waals surface area (Å²) >= 11 is 0. The molecule has 1 aliphatic rings. The highest BCUT2D eigenvalue weighted by Gasteiger charge is 2.18. The van der Waals surface area contributed by atoms with Crippen molar-refractivity contribution in [1.82, 2.24) is 4.98 Å². The van der Waals surface area contributed by atoms with E-state index < -0.39 is 0 Å². The summed E-state index contributed by atoms with van der Waals surface area (Å²) in [6.07, 6.45) is 1.65. The second kappa shape index (κ2) is 2.88. The summed E-state index contributed by atoms with van der Waals surface area (Å²) in [6.45, 7) is 0. The molecule has 0 bridgehead atoms. The van der Waals surface area contributed by atoms with Gasteiger partial charge >= 0.3 is 0 Å². The molecule has 0 unspecified atom stereocenters. The second-order valence-electron chi connectivity index (χ2n) is 3.22. The van der Waals surface area contributed by atoms with Gasteiger partial charge in [-0.25, -0.2) is 4.98 Å². The van der Waals surface area contributed by atoms with Crippen molar-refractivity contribution in [3.63, 3.8) is 0 Å². The molecule has 2 heterocycles. The van der Waals surface area contributed by atoms with Crippen LogP contribution in [0.4, 0.5) is 5.69 Å². The van der Waals surface area contributed by atoms with Gasteiger partial charge in [-0.1, -0.05) is 0 Å². The first-order valence-corrected chi connectivity index (χ1v) is 4.53. The van der Waals surface area contributed by atoms with Crippen LogP contribution >= 0.6 is 0 Å². The number of rotatable bonds is 0. The fourth-order valence-corrected chi connectivity index (χ4v) is 1.44. The highest BCUT2D eigenvalue weighted by atomic mass is 16.6. The Balaban J connectivity index is 2.11. The normalized spacial score (nSPS) is 12.0. The van der Waals surface area contributed by atoms with Crippen LogP contribution in [0.3, 0.4) is 0 Å². The Kier molecular flexibility index (Phi) is 1.56. The SMILES string of the molecule is Nc1ccc2c(c1)Oc1ncccc1O2. The highest BCUT2D eigenvalue weighted by Crippen LogP contribution is 2.44. The lowest BCUT2D eigenvalue weighted by atomic mass is 10.2. The number of aromatic nitrogens is 1. The molecule has 4 nitrogen and oxygen atoms in total. The average Bonchev–Trinajstić information content (AvgIpc) is 2.26. The van der Waals surface area contributed by atoms with Gasteiger partial charge in [0, 0.05) is 18.0 Å². The predicted octanol–water partition coefficient (Wildman–Crippen LogP) is 2.56. The lowest BCUT2D eigenvalue weighted by Gasteiger charge is -2.19. The number of nitrogen functional groups attached to an aromatic ring is 1. The smallest absolute Gasteiger partial charge is 0.263 e. The number of benzene rings is 1. The zero-order valence-corrected chi connectivity index (χ0v) is 7.81. The van der Waals surface area contributed by atoms with E-state index in [2.05, 4.69) is 4.98 Å². The van der Waals surface area contributed by atoms with Crippen LogP contribution in [0.1, 0.15) is 0 Å². The molecule has 0 fully saturated rings. The maximum absolute atomic E-state index is 5.65. The number of fused-ring (bicyclic) bond motifs is 2. The molecule has 2 aromatic rings. The van der Waals surface area contributed by atoms with Gasteiger partial charge in [-0.15, -0.1) is 0 Å². The number of ether oxygens (including phenoxy) is 2. The largest absolute Gasteiger partial charge is 0.448 e. The fraction of sp³-hybridized carbons (Fsp3) is 0. The molecule has 1 aromatic heterocycles. The summed E-state index contributed by atoms with van der Waals surface area (Å²) in [5.74, 6) is 2.34. The summed E-state index contributed by atoms with van der Waals surface area (Å²) in [6, 6.07) is 8.86. The average molecular weight is 200 g/mol. The van der Waals surface area contributed by atoms with Gasteiger partial charge in [0.15, 0.2) is 17.2 Å². The van der Waals surface area contributed by atoms with Crippen molar-refractivity contribution in [2.75, 3.05) is 5.73 Å². The molecule has 4 heteroatoms. The van der Waals surface area contributed by atoms with E-state index in [1.165, 1.54) is 0 Å². The van der Waals surface area contributed by atoms with Crippen LogP contribution in [0, 0.1) is 0 Å². The molecule has 0 saturated carbocycles. The van der Waals surface area contributed by atoms with Crippen LogP contribution < -0.4 is 15.2 Å². The third-order valence-corrected chi connectivity index (χ3v) is 2.13. The van der Waals surface area contributed by atoms with Crippen LogP contribution in [0.2, 0.25) is 0 Å². The standard InChI is InChI=1S/C11H8N2O2/c12-7-3-4-8-10(6-7)15-11-9(14-8)2-1-5-13-11/h1-6H,12H2. The molecule has 0 spiro atoms. The third-order valence-electron chi connectivity index (χ3n) is 2.13. The highest BCUT2D eigenvalue weighted by molar-refractivity contribution is 5.57. The van der Waals surface area contributed by atoms with Crippen LogP contribution in [-0.4, -0.2) is 4.98 Å². The quantitative estimate of drug-likeness (QED) is 0.566. The molecule has 0 saturated heterocycles. The number of nitrogens with zero attached hydrogens (tertiary/aromatic N) is 1. The molecular weight excluding hydrogens is 192 g/mol. The van der Waals surface area contributed by atoms with Crippen molar-refractivity contribution in [3.05, 3.63) is 36.5 Å². The summed E-state index contributed by atoms with van der Waals surface area (Å²) < 4.78 is 11.1. The maximum Gasteiger partial charge on any atom is 0.263 e. The molecule has 0 radical (unpaired) electrons. The Morgan fingerprint density at radius 2 is 1.93 bits per heavy atom. The number of nitrogens with two attached hydrogens (primary N) is 1. The minimum absolute atomic E-state index is 0.468. The van der Waals surface area contributed by atoms with Gasteiger partial charge in [-0.05, 0) is 24.3 Å². The van der Waals surface area contributed by atoms with Gasteiger partial charge in [0.2, 0.25) is 0 Å². The number of anilines is 1. The molecule has 0 atom stereocenters. The predicted molar refractivity (Wildman–Crippen MR) is 55.2 cm³/mol. The van der Waals surface area contributed by atoms with Gasteiger partial charge < -0.3 is 15.2 Å². The van der Waals surface area contributed by atoms with E-state index in [9.17, 15) is 0 Å². The van der Waals surface area contributed by atoms with Crippen molar-refractivity contribution < 1.29 is 9.47 Å². The minimum Gasteiger partial charge on any atom is -0.448 e.